The Morgan fingerprint density at radius 3 is 2.22 bits per heavy atom. The largest absolute Gasteiger partial charge is 0.493 e. The van der Waals surface area contributed by atoms with Crippen LogP contribution >= 0.6 is 0 Å². The Bertz CT molecular complexity index is 1010. The van der Waals surface area contributed by atoms with E-state index in [0.29, 0.717) is 25.4 Å². The first kappa shape index (κ1) is 21.1. The fraction of sp³-hybridized carbons (Fsp3) is 0.720. The van der Waals surface area contributed by atoms with Gasteiger partial charge >= 0.3 is 0 Å². The Morgan fingerprint density at radius 1 is 1.06 bits per heavy atom. The molecule has 7 heteroatoms. The van der Waals surface area contributed by atoms with Gasteiger partial charge in [-0.2, -0.15) is 0 Å². The second kappa shape index (κ2) is 7.52. The third-order valence-corrected chi connectivity index (χ3v) is 10.4. The lowest BCUT2D eigenvalue weighted by molar-refractivity contribution is -0.0747. The summed E-state index contributed by atoms with van der Waals surface area (Å²) >= 11 is 0. The van der Waals surface area contributed by atoms with E-state index >= 15 is 4.39 Å². The molecule has 6 fully saturated rings. The van der Waals surface area contributed by atoms with Crippen molar-refractivity contribution >= 4 is 15.8 Å². The van der Waals surface area contributed by atoms with Gasteiger partial charge in [0.2, 0.25) is 10.0 Å². The highest BCUT2D eigenvalue weighted by Gasteiger charge is 2.51. The number of rotatable bonds is 8. The molecule has 0 aromatic heterocycles. The minimum Gasteiger partial charge on any atom is -0.493 e. The Hall–Kier alpha value is -1.47. The van der Waals surface area contributed by atoms with Crippen molar-refractivity contribution in [1.29, 1.82) is 0 Å². The van der Waals surface area contributed by atoms with E-state index < -0.39 is 27.4 Å². The third-order valence-electron chi connectivity index (χ3n) is 8.64. The van der Waals surface area contributed by atoms with Crippen LogP contribution < -0.4 is 4.74 Å². The molecule has 4 bridgehead atoms. The zero-order valence-electron chi connectivity index (χ0n) is 18.5. The predicted molar refractivity (Wildman–Crippen MR) is 119 cm³/mol. The highest BCUT2D eigenvalue weighted by molar-refractivity contribution is 7.89. The smallest absolute Gasteiger partial charge is 0.221 e. The molecule has 0 N–H and O–H groups in total. The van der Waals surface area contributed by atoms with Crippen LogP contribution in [0.1, 0.15) is 79.6 Å². The molecule has 1 saturated heterocycles. The van der Waals surface area contributed by atoms with Crippen molar-refractivity contribution in [3.05, 3.63) is 29.1 Å². The molecule has 174 valence electrons. The zero-order valence-corrected chi connectivity index (χ0v) is 19.3. The van der Waals surface area contributed by atoms with E-state index in [1.807, 2.05) is 0 Å². The first-order valence-corrected chi connectivity index (χ1v) is 13.9. The molecule has 6 aliphatic rings. The monoisotopic (exact) mass is 461 g/mol. The van der Waals surface area contributed by atoms with Gasteiger partial charge in [0.05, 0.1) is 12.2 Å². The second-order valence-corrected chi connectivity index (χ2v) is 13.3. The van der Waals surface area contributed by atoms with E-state index in [4.69, 9.17) is 4.74 Å². The van der Waals surface area contributed by atoms with Crippen molar-refractivity contribution in [2.45, 2.75) is 63.7 Å². The molecular formula is C25H32FNO4S. The summed E-state index contributed by atoms with van der Waals surface area (Å²) in [6.45, 7) is 1.53. The number of halogens is 1. The molecule has 1 aliphatic heterocycles. The Kier molecular flexibility index (Phi) is 4.96. The number of carbonyl (C=O) groups excluding carboxylic acids is 1. The number of Topliss-reactive ketones (excluding diaryl/α,β-unsaturated/α-hetero) is 1. The molecule has 0 unspecified atom stereocenters. The summed E-state index contributed by atoms with van der Waals surface area (Å²) in [5.41, 5.74) is 0.991. The highest BCUT2D eigenvalue weighted by Crippen LogP contribution is 2.60. The number of ether oxygens (including phenoxy) is 1. The summed E-state index contributed by atoms with van der Waals surface area (Å²) in [5, 5.41) is 0. The van der Waals surface area contributed by atoms with Crippen molar-refractivity contribution in [3.8, 4) is 5.75 Å². The summed E-state index contributed by atoms with van der Waals surface area (Å²) in [4.78, 5) is 12.7. The molecule has 32 heavy (non-hydrogen) atoms. The summed E-state index contributed by atoms with van der Waals surface area (Å²) < 4.78 is 47.4. The van der Waals surface area contributed by atoms with Crippen molar-refractivity contribution in [2.75, 3.05) is 25.4 Å². The number of sulfonamides is 1. The molecule has 1 heterocycles. The lowest BCUT2D eigenvalue weighted by Gasteiger charge is -2.56. The van der Waals surface area contributed by atoms with Gasteiger partial charge in [0, 0.05) is 24.6 Å². The highest BCUT2D eigenvalue weighted by atomic mass is 32.2. The summed E-state index contributed by atoms with van der Waals surface area (Å²) in [6, 6.07) is 2.92. The van der Waals surface area contributed by atoms with Crippen LogP contribution in [0.3, 0.4) is 0 Å². The van der Waals surface area contributed by atoms with Crippen LogP contribution in [0.2, 0.25) is 0 Å². The SMILES string of the molecule is O=C(CS(=O)(=O)N1CCC1)c1cc(C2CC2)c(OCC23CC4CC(CC(C4)C2)C3)cc1F. The van der Waals surface area contributed by atoms with Crippen LogP contribution in [0, 0.1) is 29.0 Å². The predicted octanol–water partition coefficient (Wildman–Crippen LogP) is 4.52. The Balaban J connectivity index is 1.21. The maximum Gasteiger partial charge on any atom is 0.221 e. The average Bonchev–Trinajstić information content (AvgIpc) is 3.48. The fourth-order valence-corrected chi connectivity index (χ4v) is 8.71. The first-order chi connectivity index (χ1) is 15.3. The molecule has 0 radical (unpaired) electrons. The standard InChI is InChI=1S/C25H32FNO4S/c26-22-10-24(31-15-25-11-16-6-17(12-25)8-18(7-16)13-25)20(19-2-3-19)9-21(22)23(28)14-32(29,30)27-4-1-5-27/h9-10,16-19H,1-8,11-15H2. The number of hydrogen-bond donors (Lipinski definition) is 0. The van der Waals surface area contributed by atoms with Gasteiger partial charge in [0.1, 0.15) is 17.3 Å². The van der Waals surface area contributed by atoms with Crippen LogP contribution in [0.4, 0.5) is 4.39 Å². The molecule has 0 atom stereocenters. The summed E-state index contributed by atoms with van der Waals surface area (Å²) in [6.07, 6.45) is 10.6. The van der Waals surface area contributed by atoms with Gasteiger partial charge in [0.15, 0.2) is 5.78 Å². The maximum absolute atomic E-state index is 15.0. The molecular weight excluding hydrogens is 429 g/mol. The molecule has 0 spiro atoms. The lowest BCUT2D eigenvalue weighted by Crippen LogP contribution is -2.48. The Morgan fingerprint density at radius 2 is 1.69 bits per heavy atom. The van der Waals surface area contributed by atoms with Gasteiger partial charge in [-0.1, -0.05) is 0 Å². The fourth-order valence-electron chi connectivity index (χ4n) is 7.22. The van der Waals surface area contributed by atoms with Gasteiger partial charge in [-0.05, 0) is 93.1 Å². The lowest BCUT2D eigenvalue weighted by atomic mass is 9.50. The summed E-state index contributed by atoms with van der Waals surface area (Å²) in [5.74, 6) is 1.33. The van der Waals surface area contributed by atoms with Gasteiger partial charge in [0.25, 0.3) is 0 Å². The van der Waals surface area contributed by atoms with E-state index in [0.717, 1.165) is 42.6 Å². The van der Waals surface area contributed by atoms with Crippen molar-refractivity contribution in [3.63, 3.8) is 0 Å². The molecule has 1 aromatic rings. The van der Waals surface area contributed by atoms with E-state index in [1.165, 1.54) is 48.9 Å². The van der Waals surface area contributed by atoms with E-state index in [9.17, 15) is 13.2 Å². The molecule has 5 aliphatic carbocycles. The third kappa shape index (κ3) is 3.79. The molecule has 5 saturated carbocycles. The van der Waals surface area contributed by atoms with Gasteiger partial charge in [-0.15, -0.1) is 0 Å². The van der Waals surface area contributed by atoms with Gasteiger partial charge < -0.3 is 4.74 Å². The molecule has 7 rings (SSSR count). The molecule has 1 aromatic carbocycles. The normalized spacial score (nSPS) is 33.8. The van der Waals surface area contributed by atoms with Crippen molar-refractivity contribution in [2.24, 2.45) is 23.2 Å². The molecule has 5 nitrogen and oxygen atoms in total. The topological polar surface area (TPSA) is 63.7 Å². The zero-order chi connectivity index (χ0) is 22.1. The van der Waals surface area contributed by atoms with Crippen molar-refractivity contribution < 1.29 is 22.3 Å². The number of ketones is 1. The number of benzene rings is 1. The Labute approximate surface area is 189 Å². The number of carbonyl (C=O) groups is 1. The van der Waals surface area contributed by atoms with Crippen LogP contribution in [-0.2, 0) is 10.0 Å². The van der Waals surface area contributed by atoms with E-state index in [-0.39, 0.29) is 16.9 Å². The summed E-state index contributed by atoms with van der Waals surface area (Å²) in [7, 11) is -3.67. The molecule has 0 amide bonds. The number of hydrogen-bond acceptors (Lipinski definition) is 4. The first-order valence-electron chi connectivity index (χ1n) is 12.3. The van der Waals surface area contributed by atoms with E-state index in [2.05, 4.69) is 0 Å². The number of nitrogens with zero attached hydrogens (tertiary/aromatic N) is 1. The van der Waals surface area contributed by atoms with E-state index in [1.54, 1.807) is 6.07 Å². The van der Waals surface area contributed by atoms with Crippen LogP contribution in [0.15, 0.2) is 12.1 Å². The van der Waals surface area contributed by atoms with Crippen molar-refractivity contribution in [1.82, 2.24) is 4.31 Å². The average molecular weight is 462 g/mol. The van der Waals surface area contributed by atoms with Crippen LogP contribution in [-0.4, -0.2) is 44.0 Å². The van der Waals surface area contributed by atoms with Gasteiger partial charge in [-0.25, -0.2) is 17.1 Å². The minimum absolute atomic E-state index is 0.113. The quantitative estimate of drug-likeness (QED) is 0.534. The second-order valence-electron chi connectivity index (χ2n) is 11.3. The minimum atomic E-state index is -3.67. The van der Waals surface area contributed by atoms with Gasteiger partial charge in [-0.3, -0.25) is 4.79 Å². The van der Waals surface area contributed by atoms with Crippen LogP contribution in [0.5, 0.6) is 5.75 Å². The van der Waals surface area contributed by atoms with Crippen LogP contribution in [0.25, 0.3) is 0 Å². The maximum atomic E-state index is 15.0.